The SMILES string of the molecule is [2H]C(C)(C)c1cc(-n2c(-c3cc(C(C)(C)C)cc(C(C)(C)C)c3O)nc3c(-c4[c-]c(-c5cc(-c6ccc(C)cc6)ccn5)cc(-c5ccccc5)c4)cccc32)ccc1-c1ccccc1C(C)(C)C.[Pt]. The van der Waals surface area contributed by atoms with Gasteiger partial charge in [-0.05, 0) is 104 Å². The first-order chi connectivity index (χ1) is 32.6. The average molecular weight is 1090 g/mol. The maximum absolute atomic E-state index is 12.6. The monoisotopic (exact) mass is 1090 g/mol. The molecule has 4 nitrogen and oxygen atoms in total. The van der Waals surface area contributed by atoms with E-state index in [1.54, 1.807) is 0 Å². The van der Waals surface area contributed by atoms with Crippen molar-refractivity contribution in [2.75, 3.05) is 0 Å². The number of hydrogen-bond acceptors (Lipinski definition) is 3. The molecule has 7 aromatic carbocycles. The van der Waals surface area contributed by atoms with Gasteiger partial charge in [-0.3, -0.25) is 9.55 Å². The molecule has 0 bridgehead atoms. The number of para-hydroxylation sites is 1. The second-order valence-electron chi connectivity index (χ2n) is 21.7. The predicted molar refractivity (Wildman–Crippen MR) is 287 cm³/mol. The van der Waals surface area contributed by atoms with Gasteiger partial charge >= 0.3 is 0 Å². The predicted octanol–water partition coefficient (Wildman–Crippen LogP) is 17.3. The number of imidazole rings is 1. The molecule has 0 radical (unpaired) electrons. The molecule has 69 heavy (non-hydrogen) atoms. The van der Waals surface area contributed by atoms with Crippen LogP contribution in [0.3, 0.4) is 0 Å². The summed E-state index contributed by atoms with van der Waals surface area (Å²) in [6.07, 6.45) is 1.88. The molecule has 5 heteroatoms. The van der Waals surface area contributed by atoms with Gasteiger partial charge < -0.3 is 5.11 Å². The molecule has 0 fully saturated rings. The number of rotatable bonds is 8. The van der Waals surface area contributed by atoms with Crippen molar-refractivity contribution >= 4 is 11.0 Å². The fourth-order valence-electron chi connectivity index (χ4n) is 9.41. The van der Waals surface area contributed by atoms with E-state index < -0.39 is 5.89 Å². The topological polar surface area (TPSA) is 50.9 Å². The van der Waals surface area contributed by atoms with Crippen LogP contribution in [0.5, 0.6) is 5.75 Å². The molecule has 352 valence electrons. The molecule has 0 saturated heterocycles. The van der Waals surface area contributed by atoms with E-state index in [0.717, 1.165) is 89.2 Å². The summed E-state index contributed by atoms with van der Waals surface area (Å²) in [7, 11) is 0. The van der Waals surface area contributed by atoms with Gasteiger partial charge in [-0.1, -0.05) is 208 Å². The number of pyridine rings is 1. The first kappa shape index (κ1) is 47.7. The number of nitrogens with zero attached hydrogens (tertiary/aromatic N) is 3. The summed E-state index contributed by atoms with van der Waals surface area (Å²) in [5, 5.41) is 12.6. The minimum Gasteiger partial charge on any atom is -0.507 e. The van der Waals surface area contributed by atoms with Gasteiger partial charge in [0.15, 0.2) is 0 Å². The number of aryl methyl sites for hydroxylation is 1. The second kappa shape index (κ2) is 18.9. The number of aromatic nitrogens is 3. The Kier molecular flexibility index (Phi) is 13.0. The number of aromatic hydroxyl groups is 1. The van der Waals surface area contributed by atoms with E-state index in [0.29, 0.717) is 11.4 Å². The van der Waals surface area contributed by atoms with Crippen LogP contribution in [0.4, 0.5) is 0 Å². The first-order valence-electron chi connectivity index (χ1n) is 24.4. The molecular weight excluding hydrogens is 1020 g/mol. The zero-order valence-corrected chi connectivity index (χ0v) is 44.4. The van der Waals surface area contributed by atoms with Crippen molar-refractivity contribution < 1.29 is 27.5 Å². The minimum atomic E-state index is -0.959. The fourth-order valence-corrected chi connectivity index (χ4v) is 9.41. The summed E-state index contributed by atoms with van der Waals surface area (Å²) in [6, 6.07) is 57.2. The largest absolute Gasteiger partial charge is 0.507 e. The van der Waals surface area contributed by atoms with Crippen LogP contribution in [0, 0.1) is 13.0 Å². The Hall–Kier alpha value is -6.35. The Labute approximate surface area is 426 Å². The fraction of sp³-hybridized carbons (Fsp3) is 0.250. The molecule has 0 aliphatic carbocycles. The molecule has 0 atom stereocenters. The molecule has 9 rings (SSSR count). The Balaban J connectivity index is 0.00000659. The van der Waals surface area contributed by atoms with Crippen LogP contribution in [0.2, 0.25) is 0 Å². The van der Waals surface area contributed by atoms with Crippen molar-refractivity contribution in [3.63, 3.8) is 0 Å². The minimum absolute atomic E-state index is 0. The second-order valence-corrected chi connectivity index (χ2v) is 21.7. The van der Waals surface area contributed by atoms with Crippen LogP contribution in [-0.4, -0.2) is 19.6 Å². The van der Waals surface area contributed by atoms with E-state index in [1.807, 2.05) is 26.1 Å². The Morgan fingerprint density at radius 3 is 1.90 bits per heavy atom. The van der Waals surface area contributed by atoms with Gasteiger partial charge in [-0.2, -0.15) is 0 Å². The average Bonchev–Trinajstić information content (AvgIpc) is 3.70. The molecular formula is C64H64N3OPt-. The molecule has 0 aliphatic heterocycles. The zero-order valence-electron chi connectivity index (χ0n) is 43.1. The summed E-state index contributed by atoms with van der Waals surface area (Å²) in [5.74, 6) is -0.125. The van der Waals surface area contributed by atoms with Crippen molar-refractivity contribution in [2.45, 2.75) is 105 Å². The van der Waals surface area contributed by atoms with Gasteiger partial charge in [0, 0.05) is 45.6 Å². The number of phenolic OH excluding ortho intramolecular Hbond substituents is 1. The van der Waals surface area contributed by atoms with Gasteiger partial charge in [0.25, 0.3) is 0 Å². The number of phenols is 1. The van der Waals surface area contributed by atoms with Crippen LogP contribution >= 0.6 is 0 Å². The van der Waals surface area contributed by atoms with Crippen molar-refractivity contribution in [3.05, 3.63) is 192 Å². The Morgan fingerprint density at radius 1 is 0.565 bits per heavy atom. The summed E-state index contributed by atoms with van der Waals surface area (Å²) in [5.41, 5.74) is 17.7. The molecule has 0 saturated carbocycles. The first-order valence-corrected chi connectivity index (χ1v) is 23.9. The van der Waals surface area contributed by atoms with Crippen molar-refractivity contribution in [3.8, 4) is 78.6 Å². The normalized spacial score (nSPS) is 12.5. The van der Waals surface area contributed by atoms with E-state index in [-0.39, 0.29) is 43.1 Å². The summed E-state index contributed by atoms with van der Waals surface area (Å²) >= 11 is 0. The van der Waals surface area contributed by atoms with Crippen LogP contribution in [0.15, 0.2) is 158 Å². The van der Waals surface area contributed by atoms with Crippen molar-refractivity contribution in [1.82, 2.24) is 14.5 Å². The Bertz CT molecular complexity index is 3380. The van der Waals surface area contributed by atoms with Crippen LogP contribution in [-0.2, 0) is 37.3 Å². The molecule has 1 N–H and O–H groups in total. The van der Waals surface area contributed by atoms with Gasteiger partial charge in [-0.25, -0.2) is 4.98 Å². The summed E-state index contributed by atoms with van der Waals surface area (Å²) in [6.45, 7) is 25.8. The van der Waals surface area contributed by atoms with E-state index in [9.17, 15) is 6.48 Å². The van der Waals surface area contributed by atoms with E-state index >= 15 is 0 Å². The summed E-state index contributed by atoms with van der Waals surface area (Å²) in [4.78, 5) is 10.6. The number of hydrogen-bond donors (Lipinski definition) is 1. The van der Waals surface area contributed by atoms with E-state index in [1.165, 1.54) is 11.1 Å². The smallest absolute Gasteiger partial charge is 0.148 e. The zero-order chi connectivity index (χ0) is 49.2. The van der Waals surface area contributed by atoms with Crippen molar-refractivity contribution in [2.24, 2.45) is 0 Å². The van der Waals surface area contributed by atoms with Gasteiger partial charge in [0.1, 0.15) is 11.6 Å². The molecule has 0 amide bonds. The van der Waals surface area contributed by atoms with Gasteiger partial charge in [0.05, 0.1) is 16.6 Å². The number of benzene rings is 7. The van der Waals surface area contributed by atoms with E-state index in [4.69, 9.17) is 9.97 Å². The van der Waals surface area contributed by atoms with E-state index in [2.05, 4.69) is 225 Å². The molecule has 0 spiro atoms. The molecule has 2 aromatic heterocycles. The molecule has 0 aliphatic rings. The molecule has 0 unspecified atom stereocenters. The maximum Gasteiger partial charge on any atom is 0.148 e. The molecule has 9 aromatic rings. The third kappa shape index (κ3) is 9.79. The number of fused-ring (bicyclic) bond motifs is 1. The van der Waals surface area contributed by atoms with Gasteiger partial charge in [0.2, 0.25) is 0 Å². The maximum atomic E-state index is 12.6. The third-order valence-corrected chi connectivity index (χ3v) is 13.2. The van der Waals surface area contributed by atoms with Crippen molar-refractivity contribution in [1.29, 1.82) is 0 Å². The van der Waals surface area contributed by atoms with Gasteiger partial charge in [-0.15, -0.1) is 23.8 Å². The van der Waals surface area contributed by atoms with Crippen LogP contribution < -0.4 is 0 Å². The third-order valence-electron chi connectivity index (χ3n) is 13.2. The van der Waals surface area contributed by atoms with Crippen LogP contribution in [0.1, 0.15) is 111 Å². The Morgan fingerprint density at radius 2 is 1.22 bits per heavy atom. The molecule has 2 heterocycles. The summed E-state index contributed by atoms with van der Waals surface area (Å²) < 4.78 is 11.8. The van der Waals surface area contributed by atoms with Crippen LogP contribution in [0.25, 0.3) is 83.9 Å². The quantitative estimate of drug-likeness (QED) is 0.154. The standard InChI is InChI=1S/C64H64N3O.Pt/c1-40(2)53-39-49(29-30-51(53)52-21-16-17-23-55(52)63(7,8)9)67-58-24-18-22-50(59(58)66-61(67)54-37-48(62(4,5)6)38-56(60(54)68)64(10,11)12)46-33-45(42-19-14-13-15-20-42)34-47(35-46)57-36-44(31-32-65-57)43-27-25-41(3)26-28-43;/h13-34,36-40,68H,1-12H3;/q-1;/i40D;.